The molecule has 0 spiro atoms. The quantitative estimate of drug-likeness (QED) is 0.612. The molecule has 4 heteroatoms. The van der Waals surface area contributed by atoms with Crippen molar-refractivity contribution in [1.29, 1.82) is 0 Å². The van der Waals surface area contributed by atoms with Crippen molar-refractivity contribution in [3.05, 3.63) is 63.5 Å². The van der Waals surface area contributed by atoms with Crippen LogP contribution in [0, 0.1) is 33.6 Å². The van der Waals surface area contributed by atoms with Gasteiger partial charge in [-0.1, -0.05) is 32.9 Å². The molecule has 0 aliphatic heterocycles. The molecule has 0 atom stereocenters. The van der Waals surface area contributed by atoms with Crippen LogP contribution in [0.15, 0.2) is 24.3 Å². The minimum atomic E-state index is -0.971. The van der Waals surface area contributed by atoms with Crippen LogP contribution >= 0.6 is 0 Å². The van der Waals surface area contributed by atoms with Crippen LogP contribution in [-0.4, -0.2) is 22.7 Å². The number of aryl methyl sites for hydroxylation is 2. The second-order valence-electron chi connectivity index (χ2n) is 7.97. The molecule has 0 fully saturated rings. The fraction of sp³-hybridized carbons (Fsp3) is 0.440. The normalized spacial score (nSPS) is 11.8. The van der Waals surface area contributed by atoms with Gasteiger partial charge in [-0.25, -0.2) is 4.79 Å². The van der Waals surface area contributed by atoms with Gasteiger partial charge in [-0.05, 0) is 85.6 Å². The number of hydrogen-bond acceptors (Lipinski definition) is 3. The Balaban J connectivity index is 2.42. The van der Waals surface area contributed by atoms with Crippen LogP contribution in [-0.2, 0) is 11.2 Å². The summed E-state index contributed by atoms with van der Waals surface area (Å²) in [7, 11) is 0. The molecule has 0 unspecified atom stereocenters. The minimum absolute atomic E-state index is 0.330. The average molecular weight is 396 g/mol. The van der Waals surface area contributed by atoms with E-state index in [-0.39, 0.29) is 6.61 Å². The molecule has 0 aliphatic carbocycles. The maximum absolute atomic E-state index is 10.8. The van der Waals surface area contributed by atoms with Gasteiger partial charge in [0, 0.05) is 12.1 Å². The van der Waals surface area contributed by atoms with Crippen molar-refractivity contribution in [2.45, 2.75) is 61.3 Å². The lowest BCUT2D eigenvalue weighted by molar-refractivity contribution is -0.139. The second-order valence-corrected chi connectivity index (χ2v) is 7.97. The standard InChI is InChI=1S/C25H33NO3/c1-8-9-21(15(2)3)25-16(4)10-11-20(26-25)13-22-17(5)12-23(19(7)18(22)6)29-14-24(27)28/h9-12,15H,8,13-14H2,1-7H3,(H,27,28)/b21-9-. The first-order valence-electron chi connectivity index (χ1n) is 10.3. The SMILES string of the molecule is CC/C=C(\c1nc(Cc2c(C)cc(OCC(=O)O)c(C)c2C)ccc1C)C(C)C. The van der Waals surface area contributed by atoms with Gasteiger partial charge in [0.2, 0.25) is 0 Å². The Morgan fingerprint density at radius 1 is 1.14 bits per heavy atom. The van der Waals surface area contributed by atoms with Crippen molar-refractivity contribution in [2.24, 2.45) is 5.92 Å². The van der Waals surface area contributed by atoms with E-state index in [9.17, 15) is 4.79 Å². The van der Waals surface area contributed by atoms with Crippen LogP contribution in [0.5, 0.6) is 5.75 Å². The highest BCUT2D eigenvalue weighted by atomic mass is 16.5. The summed E-state index contributed by atoms with van der Waals surface area (Å²) < 4.78 is 5.46. The maximum Gasteiger partial charge on any atom is 0.341 e. The summed E-state index contributed by atoms with van der Waals surface area (Å²) in [6, 6.07) is 6.20. The molecule has 0 aliphatic rings. The van der Waals surface area contributed by atoms with Gasteiger partial charge in [-0.3, -0.25) is 4.98 Å². The summed E-state index contributed by atoms with van der Waals surface area (Å²) in [5.41, 5.74) is 9.04. The number of nitrogens with zero attached hydrogens (tertiary/aromatic N) is 1. The van der Waals surface area contributed by atoms with E-state index in [0.717, 1.165) is 40.9 Å². The number of rotatable bonds is 8. The van der Waals surface area contributed by atoms with Gasteiger partial charge >= 0.3 is 5.97 Å². The number of aliphatic carboxylic acids is 1. The monoisotopic (exact) mass is 395 g/mol. The van der Waals surface area contributed by atoms with Gasteiger partial charge in [0.1, 0.15) is 5.75 Å². The Bertz CT molecular complexity index is 926. The van der Waals surface area contributed by atoms with Gasteiger partial charge in [-0.15, -0.1) is 0 Å². The molecule has 0 saturated carbocycles. The van der Waals surface area contributed by atoms with E-state index in [2.05, 4.69) is 52.8 Å². The summed E-state index contributed by atoms with van der Waals surface area (Å²) in [6.07, 6.45) is 4.01. The highest BCUT2D eigenvalue weighted by molar-refractivity contribution is 5.69. The molecule has 1 aromatic carbocycles. The predicted molar refractivity (Wildman–Crippen MR) is 119 cm³/mol. The van der Waals surface area contributed by atoms with Gasteiger partial charge in [-0.2, -0.15) is 0 Å². The van der Waals surface area contributed by atoms with Crippen LogP contribution in [0.2, 0.25) is 0 Å². The zero-order valence-corrected chi connectivity index (χ0v) is 18.7. The fourth-order valence-corrected chi connectivity index (χ4v) is 3.63. The molecular formula is C25H33NO3. The third-order valence-electron chi connectivity index (χ3n) is 5.39. The Morgan fingerprint density at radius 2 is 1.83 bits per heavy atom. The van der Waals surface area contributed by atoms with Crippen molar-refractivity contribution in [3.63, 3.8) is 0 Å². The molecule has 0 radical (unpaired) electrons. The number of carboxylic acids is 1. The molecule has 0 saturated heterocycles. The van der Waals surface area contributed by atoms with Gasteiger partial charge < -0.3 is 9.84 Å². The molecule has 29 heavy (non-hydrogen) atoms. The van der Waals surface area contributed by atoms with E-state index in [4.69, 9.17) is 14.8 Å². The molecule has 2 aromatic rings. The largest absolute Gasteiger partial charge is 0.482 e. The lowest BCUT2D eigenvalue weighted by Gasteiger charge is -2.18. The third kappa shape index (κ3) is 5.47. The Morgan fingerprint density at radius 3 is 2.41 bits per heavy atom. The molecule has 1 N–H and O–H groups in total. The zero-order valence-electron chi connectivity index (χ0n) is 18.7. The van der Waals surface area contributed by atoms with Crippen LogP contribution in [0.25, 0.3) is 5.57 Å². The van der Waals surface area contributed by atoms with Crippen molar-refractivity contribution >= 4 is 11.5 Å². The first-order chi connectivity index (χ1) is 13.6. The number of allylic oxidation sites excluding steroid dienone is 2. The topological polar surface area (TPSA) is 59.4 Å². The van der Waals surface area contributed by atoms with E-state index in [1.54, 1.807) is 0 Å². The number of aromatic nitrogens is 1. The number of hydrogen-bond donors (Lipinski definition) is 1. The van der Waals surface area contributed by atoms with Crippen molar-refractivity contribution in [3.8, 4) is 5.75 Å². The number of ether oxygens (including phenoxy) is 1. The molecule has 4 nitrogen and oxygen atoms in total. The Kier molecular flexibility index (Phi) is 7.60. The number of pyridine rings is 1. The molecule has 1 aromatic heterocycles. The van der Waals surface area contributed by atoms with Crippen molar-refractivity contribution in [2.75, 3.05) is 6.61 Å². The second kappa shape index (κ2) is 9.73. The van der Waals surface area contributed by atoms with Crippen LogP contribution in [0.4, 0.5) is 0 Å². The maximum atomic E-state index is 10.8. The van der Waals surface area contributed by atoms with Crippen molar-refractivity contribution in [1.82, 2.24) is 4.98 Å². The summed E-state index contributed by atoms with van der Waals surface area (Å²) in [6.45, 7) is 14.5. The van der Waals surface area contributed by atoms with E-state index in [1.165, 1.54) is 16.7 Å². The van der Waals surface area contributed by atoms with E-state index in [1.807, 2.05) is 19.9 Å². The summed E-state index contributed by atoms with van der Waals surface area (Å²) in [5.74, 6) is 0.0886. The molecule has 156 valence electrons. The van der Waals surface area contributed by atoms with Crippen LogP contribution in [0.1, 0.15) is 66.4 Å². The average Bonchev–Trinajstić information content (AvgIpc) is 2.66. The first-order valence-corrected chi connectivity index (χ1v) is 10.3. The smallest absolute Gasteiger partial charge is 0.341 e. The lowest BCUT2D eigenvalue weighted by atomic mass is 9.92. The minimum Gasteiger partial charge on any atom is -0.482 e. The van der Waals surface area contributed by atoms with Crippen LogP contribution < -0.4 is 4.74 Å². The third-order valence-corrected chi connectivity index (χ3v) is 5.39. The predicted octanol–water partition coefficient (Wildman–Crippen LogP) is 5.82. The molecule has 0 amide bonds. The highest BCUT2D eigenvalue weighted by Crippen LogP contribution is 2.30. The van der Waals surface area contributed by atoms with E-state index >= 15 is 0 Å². The molecule has 0 bridgehead atoms. The van der Waals surface area contributed by atoms with Gasteiger partial charge in [0.05, 0.1) is 5.69 Å². The molecule has 2 rings (SSSR count). The van der Waals surface area contributed by atoms with Crippen molar-refractivity contribution < 1.29 is 14.6 Å². The zero-order chi connectivity index (χ0) is 21.7. The first kappa shape index (κ1) is 22.7. The lowest BCUT2D eigenvalue weighted by Crippen LogP contribution is -2.11. The summed E-state index contributed by atoms with van der Waals surface area (Å²) in [5, 5.41) is 8.89. The fourth-order valence-electron chi connectivity index (χ4n) is 3.63. The molecule has 1 heterocycles. The van der Waals surface area contributed by atoms with Gasteiger partial charge in [0.25, 0.3) is 0 Å². The summed E-state index contributed by atoms with van der Waals surface area (Å²) in [4.78, 5) is 15.9. The number of carbonyl (C=O) groups is 1. The van der Waals surface area contributed by atoms with E-state index < -0.39 is 5.97 Å². The Hall–Kier alpha value is -2.62. The van der Waals surface area contributed by atoms with E-state index in [0.29, 0.717) is 11.7 Å². The highest BCUT2D eigenvalue weighted by Gasteiger charge is 2.15. The Labute approximate surface area is 174 Å². The number of benzene rings is 1. The number of carboxylic acid groups (broad SMARTS) is 1. The summed E-state index contributed by atoms with van der Waals surface area (Å²) >= 11 is 0. The molecular weight excluding hydrogens is 362 g/mol. The van der Waals surface area contributed by atoms with Crippen LogP contribution in [0.3, 0.4) is 0 Å². The van der Waals surface area contributed by atoms with Gasteiger partial charge in [0.15, 0.2) is 6.61 Å².